The average molecular weight is 493 g/mol. The summed E-state index contributed by atoms with van der Waals surface area (Å²) in [6.07, 6.45) is 1.30. The number of hydrogen-bond donors (Lipinski definition) is 3. The molecule has 0 saturated carbocycles. The van der Waals surface area contributed by atoms with Crippen LogP contribution in [0.1, 0.15) is 34.0 Å². The number of non-ortho nitro benzene ring substituents is 1. The standard InChI is InChI=1S/C25H21ClN4O5/c1-15-11-23(31)20(14-21(15)26)16(2)28-29-25(33)22(27-24(32)18-8-4-3-5-9-18)13-17-7-6-10-19(12-17)30(34)35/h3-14,31H,1-2H3,(H,27,32)(H,29,33). The van der Waals surface area contributed by atoms with E-state index in [0.29, 0.717) is 27.3 Å². The molecular weight excluding hydrogens is 472 g/mol. The molecule has 10 heteroatoms. The maximum absolute atomic E-state index is 13.0. The van der Waals surface area contributed by atoms with E-state index >= 15 is 0 Å². The Hall–Kier alpha value is -4.50. The van der Waals surface area contributed by atoms with E-state index in [4.69, 9.17) is 11.6 Å². The van der Waals surface area contributed by atoms with Gasteiger partial charge < -0.3 is 10.4 Å². The summed E-state index contributed by atoms with van der Waals surface area (Å²) in [4.78, 5) is 36.2. The van der Waals surface area contributed by atoms with Crippen LogP contribution < -0.4 is 10.7 Å². The zero-order valence-electron chi connectivity index (χ0n) is 18.8. The van der Waals surface area contributed by atoms with E-state index in [1.807, 2.05) is 0 Å². The lowest BCUT2D eigenvalue weighted by Crippen LogP contribution is -2.33. The molecule has 0 radical (unpaired) electrons. The lowest BCUT2D eigenvalue weighted by Gasteiger charge is -2.11. The lowest BCUT2D eigenvalue weighted by molar-refractivity contribution is -0.384. The monoisotopic (exact) mass is 492 g/mol. The zero-order chi connectivity index (χ0) is 25.5. The van der Waals surface area contributed by atoms with Crippen molar-refractivity contribution in [3.63, 3.8) is 0 Å². The van der Waals surface area contributed by atoms with Crippen LogP contribution in [0.4, 0.5) is 5.69 Å². The zero-order valence-corrected chi connectivity index (χ0v) is 19.5. The molecule has 0 aliphatic heterocycles. The quantitative estimate of drug-likeness (QED) is 0.192. The highest BCUT2D eigenvalue weighted by Crippen LogP contribution is 2.26. The van der Waals surface area contributed by atoms with Crippen molar-refractivity contribution in [3.05, 3.63) is 110 Å². The third-order valence-corrected chi connectivity index (χ3v) is 5.32. The molecule has 0 aromatic heterocycles. The van der Waals surface area contributed by atoms with Gasteiger partial charge in [0.05, 0.1) is 10.6 Å². The largest absolute Gasteiger partial charge is 0.507 e. The van der Waals surface area contributed by atoms with Crippen molar-refractivity contribution in [3.8, 4) is 5.75 Å². The van der Waals surface area contributed by atoms with Gasteiger partial charge in [-0.05, 0) is 55.3 Å². The fourth-order valence-corrected chi connectivity index (χ4v) is 3.21. The van der Waals surface area contributed by atoms with Gasteiger partial charge in [0.25, 0.3) is 17.5 Å². The number of carbonyl (C=O) groups is 2. The molecule has 2 amide bonds. The van der Waals surface area contributed by atoms with Gasteiger partial charge in [-0.25, -0.2) is 5.43 Å². The first-order valence-corrected chi connectivity index (χ1v) is 10.7. The highest BCUT2D eigenvalue weighted by atomic mass is 35.5. The molecule has 0 atom stereocenters. The summed E-state index contributed by atoms with van der Waals surface area (Å²) in [5, 5.41) is 28.3. The predicted molar refractivity (Wildman–Crippen MR) is 133 cm³/mol. The van der Waals surface area contributed by atoms with Crippen LogP contribution in [0.2, 0.25) is 5.02 Å². The summed E-state index contributed by atoms with van der Waals surface area (Å²) in [6.45, 7) is 3.30. The number of carbonyl (C=O) groups excluding carboxylic acids is 2. The summed E-state index contributed by atoms with van der Waals surface area (Å²) in [6, 6.07) is 16.8. The SMILES string of the molecule is CC(=NNC(=O)C(=Cc1cccc([N+](=O)[O-])c1)NC(=O)c1ccccc1)c1cc(Cl)c(C)cc1O. The van der Waals surface area contributed by atoms with Crippen molar-refractivity contribution < 1.29 is 19.6 Å². The fraction of sp³-hybridized carbons (Fsp3) is 0.0800. The molecule has 0 aliphatic carbocycles. The number of hydrazone groups is 1. The third-order valence-electron chi connectivity index (χ3n) is 4.91. The van der Waals surface area contributed by atoms with Gasteiger partial charge in [-0.1, -0.05) is 41.9 Å². The number of nitro groups is 1. The molecule has 0 fully saturated rings. The smallest absolute Gasteiger partial charge is 0.287 e. The minimum atomic E-state index is -0.780. The number of rotatable bonds is 7. The summed E-state index contributed by atoms with van der Waals surface area (Å²) < 4.78 is 0. The molecule has 3 aromatic rings. The van der Waals surface area contributed by atoms with Crippen molar-refractivity contribution in [1.29, 1.82) is 0 Å². The van der Waals surface area contributed by atoms with Gasteiger partial charge in [-0.3, -0.25) is 19.7 Å². The van der Waals surface area contributed by atoms with Crippen LogP contribution >= 0.6 is 11.6 Å². The first-order chi connectivity index (χ1) is 16.7. The van der Waals surface area contributed by atoms with Gasteiger partial charge in [0.15, 0.2) is 0 Å². The molecule has 3 aromatic carbocycles. The Morgan fingerprint density at radius 3 is 2.49 bits per heavy atom. The second-order valence-corrected chi connectivity index (χ2v) is 7.89. The number of benzene rings is 3. The molecule has 3 rings (SSSR count). The van der Waals surface area contributed by atoms with Crippen molar-refractivity contribution in [1.82, 2.24) is 10.7 Å². The first kappa shape index (κ1) is 25.1. The Balaban J connectivity index is 1.92. The van der Waals surface area contributed by atoms with Crippen LogP contribution in [0.3, 0.4) is 0 Å². The Kier molecular flexibility index (Phi) is 7.96. The summed E-state index contributed by atoms with van der Waals surface area (Å²) >= 11 is 6.13. The molecule has 0 saturated heterocycles. The van der Waals surface area contributed by atoms with Crippen molar-refractivity contribution >= 4 is 40.9 Å². The number of phenols is 1. The number of aryl methyl sites for hydroxylation is 1. The molecule has 9 nitrogen and oxygen atoms in total. The molecule has 0 aliphatic rings. The molecule has 0 bridgehead atoms. The Labute approximate surface area is 205 Å². The number of nitro benzene ring substituents is 1. The number of amides is 2. The maximum Gasteiger partial charge on any atom is 0.287 e. The van der Waals surface area contributed by atoms with E-state index in [1.165, 1.54) is 36.4 Å². The fourth-order valence-electron chi connectivity index (χ4n) is 3.05. The highest BCUT2D eigenvalue weighted by Gasteiger charge is 2.16. The molecule has 0 unspecified atom stereocenters. The van der Waals surface area contributed by atoms with Crippen LogP contribution in [0.15, 0.2) is 77.5 Å². The molecular formula is C25H21ClN4O5. The average Bonchev–Trinajstić information content (AvgIpc) is 2.84. The Morgan fingerprint density at radius 1 is 1.09 bits per heavy atom. The summed E-state index contributed by atoms with van der Waals surface area (Å²) in [5.74, 6) is -1.40. The Morgan fingerprint density at radius 2 is 1.80 bits per heavy atom. The van der Waals surface area contributed by atoms with E-state index in [1.54, 1.807) is 50.2 Å². The summed E-state index contributed by atoms with van der Waals surface area (Å²) in [7, 11) is 0. The van der Waals surface area contributed by atoms with Crippen LogP contribution in [0, 0.1) is 17.0 Å². The number of aromatic hydroxyl groups is 1. The minimum Gasteiger partial charge on any atom is -0.507 e. The van der Waals surface area contributed by atoms with E-state index in [0.717, 1.165) is 0 Å². The number of nitrogens with zero attached hydrogens (tertiary/aromatic N) is 2. The Bertz CT molecular complexity index is 1350. The van der Waals surface area contributed by atoms with E-state index in [2.05, 4.69) is 15.8 Å². The van der Waals surface area contributed by atoms with Gasteiger partial charge in [-0.15, -0.1) is 0 Å². The maximum atomic E-state index is 13.0. The van der Waals surface area contributed by atoms with E-state index < -0.39 is 16.7 Å². The van der Waals surface area contributed by atoms with Gasteiger partial charge >= 0.3 is 0 Å². The molecule has 35 heavy (non-hydrogen) atoms. The molecule has 178 valence electrons. The van der Waals surface area contributed by atoms with Crippen LogP contribution in [-0.2, 0) is 4.79 Å². The van der Waals surface area contributed by atoms with Crippen molar-refractivity contribution in [2.45, 2.75) is 13.8 Å². The third kappa shape index (κ3) is 6.52. The second kappa shape index (κ2) is 11.1. The van der Waals surface area contributed by atoms with Gasteiger partial charge in [0.2, 0.25) is 0 Å². The molecule has 0 spiro atoms. The summed E-state index contributed by atoms with van der Waals surface area (Å²) in [5.41, 5.74) is 3.86. The predicted octanol–water partition coefficient (Wildman–Crippen LogP) is 4.57. The second-order valence-electron chi connectivity index (χ2n) is 7.49. The normalized spacial score (nSPS) is 11.6. The molecule has 3 N–H and O–H groups in total. The van der Waals surface area contributed by atoms with Gasteiger partial charge in [-0.2, -0.15) is 5.10 Å². The highest BCUT2D eigenvalue weighted by molar-refractivity contribution is 6.31. The van der Waals surface area contributed by atoms with Gasteiger partial charge in [0, 0.05) is 28.3 Å². The number of hydrogen-bond acceptors (Lipinski definition) is 6. The molecule has 0 heterocycles. The van der Waals surface area contributed by atoms with Gasteiger partial charge in [0.1, 0.15) is 11.4 Å². The van der Waals surface area contributed by atoms with E-state index in [-0.39, 0.29) is 22.8 Å². The lowest BCUT2D eigenvalue weighted by atomic mass is 10.1. The van der Waals surface area contributed by atoms with E-state index in [9.17, 15) is 24.8 Å². The first-order valence-electron chi connectivity index (χ1n) is 10.3. The topological polar surface area (TPSA) is 134 Å². The van der Waals surface area contributed by atoms with Crippen molar-refractivity contribution in [2.24, 2.45) is 5.10 Å². The minimum absolute atomic E-state index is 0.0628. The number of nitrogens with one attached hydrogen (secondary N) is 2. The van der Waals surface area contributed by atoms with Crippen LogP contribution in [-0.4, -0.2) is 27.6 Å². The number of phenolic OH excluding ortho intramolecular Hbond substituents is 1. The van der Waals surface area contributed by atoms with Crippen LogP contribution in [0.5, 0.6) is 5.75 Å². The van der Waals surface area contributed by atoms with Crippen LogP contribution in [0.25, 0.3) is 6.08 Å². The number of halogens is 1. The van der Waals surface area contributed by atoms with Crippen molar-refractivity contribution in [2.75, 3.05) is 0 Å².